The van der Waals surface area contributed by atoms with Gasteiger partial charge in [-0.15, -0.1) is 11.3 Å². The van der Waals surface area contributed by atoms with Crippen LogP contribution in [0, 0.1) is 0 Å². The maximum absolute atomic E-state index is 11.4. The van der Waals surface area contributed by atoms with E-state index in [0.717, 1.165) is 21.7 Å². The molecule has 138 valence electrons. The summed E-state index contributed by atoms with van der Waals surface area (Å²) in [7, 11) is 0. The maximum Gasteiger partial charge on any atom is 0.227 e. The Hall–Kier alpha value is -2.93. The molecular formula is C20H20N4O2S. The number of nitrogens with zero attached hydrogens (tertiary/aromatic N) is 2. The molecule has 4 aromatic rings. The smallest absolute Gasteiger partial charge is 0.227 e. The molecule has 0 unspecified atom stereocenters. The first-order valence-electron chi connectivity index (χ1n) is 8.96. The third kappa shape index (κ3) is 3.93. The molecule has 3 heterocycles. The van der Waals surface area contributed by atoms with Crippen LogP contribution in [0.15, 0.2) is 47.1 Å². The van der Waals surface area contributed by atoms with Gasteiger partial charge >= 0.3 is 0 Å². The molecule has 27 heavy (non-hydrogen) atoms. The predicted molar refractivity (Wildman–Crippen MR) is 105 cm³/mol. The second kappa shape index (κ2) is 7.75. The number of benzene rings is 1. The molecule has 0 saturated heterocycles. The number of aromatic nitrogens is 3. The van der Waals surface area contributed by atoms with Crippen molar-refractivity contribution in [2.45, 2.75) is 32.7 Å². The molecule has 4 rings (SSSR count). The number of rotatable bonds is 7. The van der Waals surface area contributed by atoms with Crippen molar-refractivity contribution in [3.05, 3.63) is 58.9 Å². The number of carbonyl (C=O) groups is 1. The van der Waals surface area contributed by atoms with Crippen molar-refractivity contribution in [3.63, 3.8) is 0 Å². The number of H-pyrrole nitrogens is 1. The Bertz CT molecular complexity index is 1060. The molecule has 1 aromatic carbocycles. The highest BCUT2D eigenvalue weighted by atomic mass is 32.1. The molecule has 0 spiro atoms. The van der Waals surface area contributed by atoms with Crippen LogP contribution in [0.5, 0.6) is 0 Å². The molecule has 7 heteroatoms. The van der Waals surface area contributed by atoms with Gasteiger partial charge in [0.1, 0.15) is 0 Å². The van der Waals surface area contributed by atoms with Gasteiger partial charge in [0.2, 0.25) is 17.6 Å². The molecule has 3 aromatic heterocycles. The molecule has 6 nitrogen and oxygen atoms in total. The number of nitrogens with one attached hydrogen (secondary N) is 2. The summed E-state index contributed by atoms with van der Waals surface area (Å²) in [5.74, 6) is 1.27. The molecule has 0 aliphatic heterocycles. The molecular weight excluding hydrogens is 360 g/mol. The van der Waals surface area contributed by atoms with Crippen molar-refractivity contribution in [2.75, 3.05) is 0 Å². The second-order valence-corrected chi connectivity index (χ2v) is 7.44. The zero-order valence-corrected chi connectivity index (χ0v) is 15.8. The summed E-state index contributed by atoms with van der Waals surface area (Å²) in [6.07, 6.45) is 4.06. The summed E-state index contributed by atoms with van der Waals surface area (Å²) in [6, 6.07) is 12.2. The van der Waals surface area contributed by atoms with E-state index in [2.05, 4.69) is 32.6 Å². The predicted octanol–water partition coefficient (Wildman–Crippen LogP) is 4.09. The van der Waals surface area contributed by atoms with Crippen molar-refractivity contribution in [3.8, 4) is 10.7 Å². The average Bonchev–Trinajstić information content (AvgIpc) is 3.43. The molecule has 0 atom stereocenters. The van der Waals surface area contributed by atoms with Crippen molar-refractivity contribution in [1.82, 2.24) is 20.4 Å². The van der Waals surface area contributed by atoms with Crippen LogP contribution >= 0.6 is 11.3 Å². The summed E-state index contributed by atoms with van der Waals surface area (Å²) < 4.78 is 5.42. The van der Waals surface area contributed by atoms with E-state index in [9.17, 15) is 4.79 Å². The summed E-state index contributed by atoms with van der Waals surface area (Å²) in [4.78, 5) is 21.2. The van der Waals surface area contributed by atoms with Gasteiger partial charge in [0.05, 0.1) is 11.4 Å². The van der Waals surface area contributed by atoms with Crippen molar-refractivity contribution in [1.29, 1.82) is 0 Å². The van der Waals surface area contributed by atoms with E-state index in [1.54, 1.807) is 11.3 Å². The minimum Gasteiger partial charge on any atom is -0.361 e. The highest BCUT2D eigenvalue weighted by Gasteiger charge is 2.12. The largest absolute Gasteiger partial charge is 0.361 e. The normalized spacial score (nSPS) is 11.1. The number of fused-ring (bicyclic) bond motifs is 1. The monoisotopic (exact) mass is 380 g/mol. The molecule has 0 radical (unpaired) electrons. The van der Waals surface area contributed by atoms with Crippen LogP contribution in [0.1, 0.15) is 29.7 Å². The number of amides is 1. The quantitative estimate of drug-likeness (QED) is 0.506. The van der Waals surface area contributed by atoms with Gasteiger partial charge in [-0.05, 0) is 30.2 Å². The average molecular weight is 380 g/mol. The highest BCUT2D eigenvalue weighted by Crippen LogP contribution is 2.26. The van der Waals surface area contributed by atoms with E-state index in [1.165, 1.54) is 10.9 Å². The third-order valence-corrected chi connectivity index (χ3v) is 5.50. The van der Waals surface area contributed by atoms with Gasteiger partial charge in [-0.25, -0.2) is 0 Å². The van der Waals surface area contributed by atoms with Crippen LogP contribution in [0.2, 0.25) is 0 Å². The molecule has 0 saturated carbocycles. The number of aryl methyl sites for hydroxylation is 2. The number of hydrogen-bond donors (Lipinski definition) is 2. The molecule has 2 N–H and O–H groups in total. The topological polar surface area (TPSA) is 83.8 Å². The van der Waals surface area contributed by atoms with Gasteiger partial charge < -0.3 is 14.8 Å². The number of thiophene rings is 1. The fourth-order valence-electron chi connectivity index (χ4n) is 2.94. The zero-order chi connectivity index (χ0) is 18.6. The lowest BCUT2D eigenvalue weighted by Crippen LogP contribution is -2.20. The van der Waals surface area contributed by atoms with E-state index in [-0.39, 0.29) is 5.91 Å². The highest BCUT2D eigenvalue weighted by molar-refractivity contribution is 7.15. The lowest BCUT2D eigenvalue weighted by atomic mass is 10.1. The molecule has 0 fully saturated rings. The molecule has 1 amide bonds. The molecule has 0 aliphatic rings. The lowest BCUT2D eigenvalue weighted by Gasteiger charge is -1.99. The van der Waals surface area contributed by atoms with E-state index < -0.39 is 0 Å². The number of para-hydroxylation sites is 1. The first-order valence-corrected chi connectivity index (χ1v) is 9.78. The van der Waals surface area contributed by atoms with Crippen LogP contribution in [-0.2, 0) is 24.2 Å². The van der Waals surface area contributed by atoms with E-state index in [0.29, 0.717) is 31.1 Å². The van der Waals surface area contributed by atoms with Gasteiger partial charge in [0.25, 0.3) is 0 Å². The summed E-state index contributed by atoms with van der Waals surface area (Å²) in [5.41, 5.74) is 2.38. The third-order valence-electron chi connectivity index (χ3n) is 4.41. The Morgan fingerprint density at radius 3 is 3.00 bits per heavy atom. The van der Waals surface area contributed by atoms with Gasteiger partial charge in [-0.3, -0.25) is 4.79 Å². The fraction of sp³-hybridized carbons (Fsp3) is 0.250. The minimum absolute atomic E-state index is 0.0454. The number of aromatic amines is 1. The maximum atomic E-state index is 11.4. The van der Waals surface area contributed by atoms with Crippen LogP contribution in [0.3, 0.4) is 0 Å². The Morgan fingerprint density at radius 1 is 1.22 bits per heavy atom. The Labute approximate surface area is 160 Å². The first-order chi connectivity index (χ1) is 13.2. The van der Waals surface area contributed by atoms with Crippen LogP contribution in [0.4, 0.5) is 0 Å². The Balaban J connectivity index is 1.40. The van der Waals surface area contributed by atoms with Gasteiger partial charge in [-0.1, -0.05) is 30.3 Å². The lowest BCUT2D eigenvalue weighted by molar-refractivity contribution is -0.120. The van der Waals surface area contributed by atoms with Crippen LogP contribution < -0.4 is 5.32 Å². The van der Waals surface area contributed by atoms with Crippen molar-refractivity contribution in [2.24, 2.45) is 0 Å². The standard InChI is InChI=1S/C20H20N4O2S/c1-2-18(25)22-12-14-8-9-17(27-14)20-23-19(26-24-20)10-7-13-11-21-16-6-4-3-5-15(13)16/h3-6,8-9,11,21H,2,7,10,12H2,1H3,(H,22,25). The summed E-state index contributed by atoms with van der Waals surface area (Å²) in [6.45, 7) is 2.37. The van der Waals surface area contributed by atoms with Gasteiger partial charge in [0, 0.05) is 34.8 Å². The summed E-state index contributed by atoms with van der Waals surface area (Å²) in [5, 5.41) is 8.21. The van der Waals surface area contributed by atoms with Crippen LogP contribution in [0.25, 0.3) is 21.6 Å². The van der Waals surface area contributed by atoms with Crippen LogP contribution in [-0.4, -0.2) is 21.0 Å². The van der Waals surface area contributed by atoms with Crippen molar-refractivity contribution < 1.29 is 9.32 Å². The molecule has 0 aliphatic carbocycles. The SMILES string of the molecule is CCC(=O)NCc1ccc(-c2noc(CCc3c[nH]c4ccccc34)n2)s1. The van der Waals surface area contributed by atoms with E-state index >= 15 is 0 Å². The van der Waals surface area contributed by atoms with Gasteiger partial charge in [0.15, 0.2) is 0 Å². The first kappa shape index (κ1) is 17.5. The fourth-order valence-corrected chi connectivity index (χ4v) is 3.81. The second-order valence-electron chi connectivity index (χ2n) is 6.27. The van der Waals surface area contributed by atoms with E-state index in [4.69, 9.17) is 4.52 Å². The molecule has 0 bridgehead atoms. The van der Waals surface area contributed by atoms with Crippen molar-refractivity contribution >= 4 is 28.1 Å². The Morgan fingerprint density at radius 2 is 2.11 bits per heavy atom. The summed E-state index contributed by atoms with van der Waals surface area (Å²) >= 11 is 1.56. The van der Waals surface area contributed by atoms with Gasteiger partial charge in [-0.2, -0.15) is 4.98 Å². The minimum atomic E-state index is 0.0454. The zero-order valence-electron chi connectivity index (χ0n) is 15.0. The van der Waals surface area contributed by atoms with E-state index in [1.807, 2.05) is 37.4 Å². The Kier molecular flexibility index (Phi) is 5.02. The number of carbonyl (C=O) groups excluding carboxylic acids is 1. The number of hydrogen-bond acceptors (Lipinski definition) is 5.